The summed E-state index contributed by atoms with van der Waals surface area (Å²) in [5, 5.41) is 2.99. The number of aryl methyl sites for hydroxylation is 2. The average Bonchev–Trinajstić information content (AvgIpc) is 2.56. The Morgan fingerprint density at radius 2 is 1.88 bits per heavy atom. The third-order valence-electron chi connectivity index (χ3n) is 3.78. The number of hydrogen-bond acceptors (Lipinski definition) is 3. The van der Waals surface area contributed by atoms with Gasteiger partial charge in [0.25, 0.3) is 0 Å². The van der Waals surface area contributed by atoms with Gasteiger partial charge in [-0.1, -0.05) is 30.3 Å². The van der Waals surface area contributed by atoms with Gasteiger partial charge < -0.3 is 10.1 Å². The number of nitrogens with zero attached hydrogens (tertiary/aromatic N) is 1. The molecule has 0 aliphatic rings. The Balaban J connectivity index is 1.69. The molecule has 24 heavy (non-hydrogen) atoms. The van der Waals surface area contributed by atoms with Crippen LogP contribution in [0.1, 0.15) is 17.5 Å². The fourth-order valence-electron chi connectivity index (χ4n) is 2.43. The van der Waals surface area contributed by atoms with E-state index in [1.54, 1.807) is 0 Å². The van der Waals surface area contributed by atoms with E-state index in [0.717, 1.165) is 35.5 Å². The minimum atomic E-state index is 0.00942. The summed E-state index contributed by atoms with van der Waals surface area (Å²) in [6.45, 7) is 5.85. The molecule has 128 valence electrons. The molecule has 0 heterocycles. The predicted octanol–water partition coefficient (Wildman–Crippen LogP) is 3.64. The normalized spacial score (nSPS) is 10.7. The van der Waals surface area contributed by atoms with Crippen LogP contribution in [-0.4, -0.2) is 37.6 Å². The van der Waals surface area contributed by atoms with Crippen LogP contribution in [0, 0.1) is 13.8 Å². The highest BCUT2D eigenvalue weighted by Crippen LogP contribution is 2.16. The van der Waals surface area contributed by atoms with Gasteiger partial charge in [-0.25, -0.2) is 0 Å². The lowest BCUT2D eigenvalue weighted by molar-refractivity contribution is -0.117. The molecule has 2 aromatic carbocycles. The second-order valence-electron chi connectivity index (χ2n) is 6.12. The van der Waals surface area contributed by atoms with Crippen LogP contribution < -0.4 is 10.1 Å². The Bertz CT molecular complexity index is 656. The van der Waals surface area contributed by atoms with E-state index in [1.807, 2.05) is 74.3 Å². The first-order chi connectivity index (χ1) is 11.5. The fourth-order valence-corrected chi connectivity index (χ4v) is 2.43. The van der Waals surface area contributed by atoms with Gasteiger partial charge in [-0.05, 0) is 56.6 Å². The Morgan fingerprint density at radius 3 is 2.62 bits per heavy atom. The van der Waals surface area contributed by atoms with E-state index in [4.69, 9.17) is 4.74 Å². The highest BCUT2D eigenvalue weighted by Gasteiger charge is 2.08. The quantitative estimate of drug-likeness (QED) is 0.753. The number of carbonyl (C=O) groups excluding carboxylic acids is 1. The molecule has 0 atom stereocenters. The van der Waals surface area contributed by atoms with Crippen molar-refractivity contribution in [2.75, 3.05) is 32.1 Å². The number of para-hydroxylation sites is 1. The summed E-state index contributed by atoms with van der Waals surface area (Å²) in [6, 6.07) is 15.8. The van der Waals surface area contributed by atoms with Gasteiger partial charge in [0.15, 0.2) is 0 Å². The molecule has 4 heteroatoms. The first kappa shape index (κ1) is 18.0. The van der Waals surface area contributed by atoms with Crippen molar-refractivity contribution in [2.45, 2.75) is 20.3 Å². The molecule has 0 aromatic heterocycles. The highest BCUT2D eigenvalue weighted by molar-refractivity contribution is 5.93. The zero-order chi connectivity index (χ0) is 17.4. The summed E-state index contributed by atoms with van der Waals surface area (Å²) in [5.74, 6) is 0.892. The van der Waals surface area contributed by atoms with Gasteiger partial charge in [-0.2, -0.15) is 0 Å². The molecular formula is C20H26N2O2. The molecule has 0 fully saturated rings. The van der Waals surface area contributed by atoms with Gasteiger partial charge in [0, 0.05) is 12.2 Å². The van der Waals surface area contributed by atoms with Gasteiger partial charge in [0.05, 0.1) is 13.2 Å². The van der Waals surface area contributed by atoms with Gasteiger partial charge in [0.2, 0.25) is 5.91 Å². The average molecular weight is 326 g/mol. The maximum absolute atomic E-state index is 12.2. The number of likely N-dealkylation sites (N-methyl/N-ethyl adjacent to an activating group) is 1. The van der Waals surface area contributed by atoms with Gasteiger partial charge in [-0.15, -0.1) is 0 Å². The summed E-state index contributed by atoms with van der Waals surface area (Å²) < 4.78 is 5.66. The summed E-state index contributed by atoms with van der Waals surface area (Å²) in [6.07, 6.45) is 0.877. The van der Waals surface area contributed by atoms with Crippen molar-refractivity contribution in [3.05, 3.63) is 59.7 Å². The van der Waals surface area contributed by atoms with E-state index in [-0.39, 0.29) is 5.91 Å². The Morgan fingerprint density at radius 1 is 1.12 bits per heavy atom. The van der Waals surface area contributed by atoms with Crippen molar-refractivity contribution < 1.29 is 9.53 Å². The third-order valence-corrected chi connectivity index (χ3v) is 3.78. The van der Waals surface area contributed by atoms with Crippen LogP contribution in [0.5, 0.6) is 5.75 Å². The molecule has 0 aliphatic heterocycles. The van der Waals surface area contributed by atoms with E-state index in [2.05, 4.69) is 5.32 Å². The topological polar surface area (TPSA) is 41.6 Å². The van der Waals surface area contributed by atoms with Gasteiger partial charge >= 0.3 is 0 Å². The number of benzene rings is 2. The molecule has 0 saturated heterocycles. The molecule has 0 unspecified atom stereocenters. The second-order valence-corrected chi connectivity index (χ2v) is 6.12. The maximum atomic E-state index is 12.2. The molecule has 2 rings (SSSR count). The van der Waals surface area contributed by atoms with Crippen LogP contribution in [0.3, 0.4) is 0 Å². The maximum Gasteiger partial charge on any atom is 0.238 e. The lowest BCUT2D eigenvalue weighted by atomic mass is 10.1. The second kappa shape index (κ2) is 9.08. The Kier molecular flexibility index (Phi) is 6.82. The fraction of sp³-hybridized carbons (Fsp3) is 0.350. The van der Waals surface area contributed by atoms with Crippen LogP contribution in [0.4, 0.5) is 5.69 Å². The van der Waals surface area contributed by atoms with Crippen molar-refractivity contribution in [2.24, 2.45) is 0 Å². The van der Waals surface area contributed by atoms with Crippen molar-refractivity contribution >= 4 is 11.6 Å². The molecule has 0 saturated carbocycles. The monoisotopic (exact) mass is 326 g/mol. The summed E-state index contributed by atoms with van der Waals surface area (Å²) in [5.41, 5.74) is 3.11. The van der Waals surface area contributed by atoms with E-state index in [0.29, 0.717) is 13.2 Å². The Hall–Kier alpha value is -2.33. The molecule has 4 nitrogen and oxygen atoms in total. The Labute approximate surface area is 144 Å². The molecule has 1 amide bonds. The first-order valence-electron chi connectivity index (χ1n) is 8.28. The number of ether oxygens (including phenoxy) is 1. The van der Waals surface area contributed by atoms with Crippen molar-refractivity contribution in [1.29, 1.82) is 0 Å². The molecule has 0 bridgehead atoms. The van der Waals surface area contributed by atoms with E-state index in [1.165, 1.54) is 0 Å². The number of nitrogens with one attached hydrogen (secondary N) is 1. The smallest absolute Gasteiger partial charge is 0.238 e. The van der Waals surface area contributed by atoms with E-state index < -0.39 is 0 Å². The summed E-state index contributed by atoms with van der Waals surface area (Å²) >= 11 is 0. The van der Waals surface area contributed by atoms with E-state index in [9.17, 15) is 4.79 Å². The molecule has 0 radical (unpaired) electrons. The first-order valence-corrected chi connectivity index (χ1v) is 8.28. The van der Waals surface area contributed by atoms with Crippen molar-refractivity contribution in [3.63, 3.8) is 0 Å². The molecule has 1 N–H and O–H groups in total. The SMILES string of the molecule is Cc1ccc(C)c(NC(=O)CN(C)CCCOc2ccccc2)c1. The van der Waals surface area contributed by atoms with Crippen LogP contribution in [0.15, 0.2) is 48.5 Å². The highest BCUT2D eigenvalue weighted by atomic mass is 16.5. The van der Waals surface area contributed by atoms with E-state index >= 15 is 0 Å². The van der Waals surface area contributed by atoms with Crippen LogP contribution >= 0.6 is 0 Å². The van der Waals surface area contributed by atoms with Crippen LogP contribution in [-0.2, 0) is 4.79 Å². The minimum absolute atomic E-state index is 0.00942. The summed E-state index contributed by atoms with van der Waals surface area (Å²) in [4.78, 5) is 14.2. The standard InChI is InChI=1S/C20H26N2O2/c1-16-10-11-17(2)19(14-16)21-20(23)15-22(3)12-7-13-24-18-8-5-4-6-9-18/h4-6,8-11,14H,7,12-13,15H2,1-3H3,(H,21,23). The van der Waals surface area contributed by atoms with Crippen molar-refractivity contribution in [3.8, 4) is 5.75 Å². The zero-order valence-corrected chi connectivity index (χ0v) is 14.7. The number of amides is 1. The molecule has 0 spiro atoms. The predicted molar refractivity (Wildman–Crippen MR) is 98.6 cm³/mol. The van der Waals surface area contributed by atoms with Crippen LogP contribution in [0.25, 0.3) is 0 Å². The third kappa shape index (κ3) is 6.05. The molecular weight excluding hydrogens is 300 g/mol. The minimum Gasteiger partial charge on any atom is -0.494 e. The largest absolute Gasteiger partial charge is 0.494 e. The molecule has 2 aromatic rings. The number of carbonyl (C=O) groups is 1. The van der Waals surface area contributed by atoms with Gasteiger partial charge in [-0.3, -0.25) is 9.69 Å². The number of anilines is 1. The van der Waals surface area contributed by atoms with Crippen LogP contribution in [0.2, 0.25) is 0 Å². The molecule has 0 aliphatic carbocycles. The zero-order valence-electron chi connectivity index (χ0n) is 14.7. The van der Waals surface area contributed by atoms with Crippen molar-refractivity contribution in [1.82, 2.24) is 4.90 Å². The lowest BCUT2D eigenvalue weighted by Crippen LogP contribution is -2.31. The summed E-state index contributed by atoms with van der Waals surface area (Å²) in [7, 11) is 1.95. The number of rotatable bonds is 8. The lowest BCUT2D eigenvalue weighted by Gasteiger charge is -2.17. The number of hydrogen-bond donors (Lipinski definition) is 1. The van der Waals surface area contributed by atoms with Gasteiger partial charge in [0.1, 0.15) is 5.75 Å².